The maximum Gasteiger partial charge on any atom is 0.274 e. The molecule has 0 saturated heterocycles. The monoisotopic (exact) mass is 347 g/mol. The van der Waals surface area contributed by atoms with Crippen LogP contribution in [0.15, 0.2) is 42.7 Å². The van der Waals surface area contributed by atoms with Crippen LogP contribution in [0.25, 0.3) is 10.9 Å². The Balaban J connectivity index is 1.83. The maximum atomic E-state index is 12.2. The summed E-state index contributed by atoms with van der Waals surface area (Å²) >= 11 is 12.0. The minimum absolute atomic E-state index is 0.0886. The Hall–Kier alpha value is -2.37. The third-order valence-corrected chi connectivity index (χ3v) is 3.89. The Labute approximate surface area is 141 Å². The van der Waals surface area contributed by atoms with Crippen LogP contribution in [0.2, 0.25) is 10.0 Å². The molecule has 3 rings (SSSR count). The number of benzene rings is 1. The van der Waals surface area contributed by atoms with Gasteiger partial charge in [0.1, 0.15) is 5.52 Å². The molecule has 1 amide bonds. The van der Waals surface area contributed by atoms with Crippen molar-refractivity contribution in [2.45, 2.75) is 6.54 Å². The van der Waals surface area contributed by atoms with Crippen molar-refractivity contribution < 1.29 is 9.90 Å². The zero-order valence-electron chi connectivity index (χ0n) is 11.8. The molecule has 0 fully saturated rings. The molecular formula is C16H11Cl2N3O2. The van der Waals surface area contributed by atoms with Crippen molar-refractivity contribution in [1.82, 2.24) is 15.3 Å². The number of rotatable bonds is 3. The van der Waals surface area contributed by atoms with Crippen LogP contribution in [0.4, 0.5) is 0 Å². The number of pyridine rings is 2. The maximum absolute atomic E-state index is 12.2. The topological polar surface area (TPSA) is 75.1 Å². The fraction of sp³-hybridized carbons (Fsp3) is 0.0625. The normalized spacial score (nSPS) is 10.7. The van der Waals surface area contributed by atoms with Crippen molar-refractivity contribution in [3.63, 3.8) is 0 Å². The van der Waals surface area contributed by atoms with Gasteiger partial charge in [-0.15, -0.1) is 0 Å². The molecule has 0 saturated carbocycles. The van der Waals surface area contributed by atoms with Crippen molar-refractivity contribution >= 4 is 40.0 Å². The summed E-state index contributed by atoms with van der Waals surface area (Å²) in [6.45, 7) is 0.166. The molecule has 23 heavy (non-hydrogen) atoms. The average Bonchev–Trinajstić information content (AvgIpc) is 2.56. The van der Waals surface area contributed by atoms with Crippen molar-refractivity contribution in [2.24, 2.45) is 0 Å². The van der Waals surface area contributed by atoms with Gasteiger partial charge in [0, 0.05) is 34.4 Å². The number of aromatic nitrogens is 2. The molecule has 2 N–H and O–H groups in total. The van der Waals surface area contributed by atoms with E-state index in [0.29, 0.717) is 26.5 Å². The lowest BCUT2D eigenvalue weighted by Crippen LogP contribution is -2.24. The summed E-state index contributed by atoms with van der Waals surface area (Å²) in [5.41, 5.74) is 0.911. The molecule has 0 aliphatic heterocycles. The zero-order valence-corrected chi connectivity index (χ0v) is 13.3. The first-order valence-corrected chi connectivity index (χ1v) is 7.46. The highest BCUT2D eigenvalue weighted by atomic mass is 35.5. The second-order valence-corrected chi connectivity index (χ2v) is 5.66. The number of amides is 1. The second kappa shape index (κ2) is 6.40. The predicted molar refractivity (Wildman–Crippen MR) is 88.8 cm³/mol. The molecule has 0 unspecified atom stereocenters. The number of halogens is 2. The number of hydrogen-bond acceptors (Lipinski definition) is 4. The van der Waals surface area contributed by atoms with Crippen LogP contribution in [0.1, 0.15) is 16.1 Å². The molecule has 116 valence electrons. The van der Waals surface area contributed by atoms with Gasteiger partial charge in [-0.3, -0.25) is 9.78 Å². The number of hydrogen-bond donors (Lipinski definition) is 2. The fourth-order valence-electron chi connectivity index (χ4n) is 2.13. The molecule has 0 radical (unpaired) electrons. The molecule has 7 heteroatoms. The van der Waals surface area contributed by atoms with Crippen LogP contribution in [0, 0.1) is 0 Å². The first-order chi connectivity index (χ1) is 11.1. The summed E-state index contributed by atoms with van der Waals surface area (Å²) in [5, 5.41) is 14.5. The van der Waals surface area contributed by atoms with E-state index in [-0.39, 0.29) is 18.0 Å². The Morgan fingerprint density at radius 2 is 2.04 bits per heavy atom. The van der Waals surface area contributed by atoms with Crippen LogP contribution in [-0.4, -0.2) is 21.0 Å². The van der Waals surface area contributed by atoms with E-state index in [1.54, 1.807) is 30.3 Å². The van der Waals surface area contributed by atoms with Gasteiger partial charge in [-0.05, 0) is 35.9 Å². The molecule has 3 aromatic rings. The van der Waals surface area contributed by atoms with Crippen LogP contribution in [0.5, 0.6) is 5.75 Å². The van der Waals surface area contributed by atoms with E-state index in [4.69, 9.17) is 23.2 Å². The quantitative estimate of drug-likeness (QED) is 0.759. The van der Waals surface area contributed by atoms with E-state index < -0.39 is 5.91 Å². The predicted octanol–water partition coefficient (Wildman–Crippen LogP) is 3.57. The largest absolute Gasteiger partial charge is 0.504 e. The number of aromatic hydroxyl groups is 1. The Bertz CT molecular complexity index is 900. The van der Waals surface area contributed by atoms with Gasteiger partial charge in [0.05, 0.1) is 0 Å². The zero-order chi connectivity index (χ0) is 16.4. The van der Waals surface area contributed by atoms with Gasteiger partial charge in [-0.25, -0.2) is 4.98 Å². The summed E-state index contributed by atoms with van der Waals surface area (Å²) in [7, 11) is 0. The summed E-state index contributed by atoms with van der Waals surface area (Å²) in [4.78, 5) is 20.3. The number of nitrogens with zero attached hydrogens (tertiary/aromatic N) is 2. The molecule has 0 aliphatic rings. The molecule has 5 nitrogen and oxygen atoms in total. The van der Waals surface area contributed by atoms with Crippen molar-refractivity contribution in [1.29, 1.82) is 0 Å². The van der Waals surface area contributed by atoms with E-state index in [1.807, 2.05) is 0 Å². The lowest BCUT2D eigenvalue weighted by atomic mass is 10.2. The molecule has 2 aromatic heterocycles. The molecule has 0 spiro atoms. The van der Waals surface area contributed by atoms with Gasteiger partial charge >= 0.3 is 0 Å². The Morgan fingerprint density at radius 3 is 2.87 bits per heavy atom. The van der Waals surface area contributed by atoms with Gasteiger partial charge in [-0.1, -0.05) is 23.2 Å². The van der Waals surface area contributed by atoms with Gasteiger partial charge in [-0.2, -0.15) is 0 Å². The van der Waals surface area contributed by atoms with Crippen molar-refractivity contribution in [3.8, 4) is 5.75 Å². The molecule has 0 bridgehead atoms. The summed E-state index contributed by atoms with van der Waals surface area (Å²) in [6, 6.07) is 8.46. The molecule has 2 heterocycles. The van der Waals surface area contributed by atoms with E-state index >= 15 is 0 Å². The van der Waals surface area contributed by atoms with Crippen molar-refractivity contribution in [3.05, 3.63) is 64.0 Å². The Kier molecular flexibility index (Phi) is 4.32. The number of fused-ring (bicyclic) bond motifs is 1. The van der Waals surface area contributed by atoms with E-state index in [0.717, 1.165) is 0 Å². The third kappa shape index (κ3) is 3.21. The Morgan fingerprint density at radius 1 is 1.22 bits per heavy atom. The molecular weight excluding hydrogens is 337 g/mol. The lowest BCUT2D eigenvalue weighted by Gasteiger charge is -2.09. The minimum Gasteiger partial charge on any atom is -0.504 e. The van der Waals surface area contributed by atoms with Gasteiger partial charge < -0.3 is 10.4 Å². The number of carbonyl (C=O) groups excluding carboxylic acids is 1. The van der Waals surface area contributed by atoms with Crippen LogP contribution in [-0.2, 0) is 6.54 Å². The lowest BCUT2D eigenvalue weighted by molar-refractivity contribution is 0.0943. The highest BCUT2D eigenvalue weighted by Gasteiger charge is 2.16. The molecule has 1 aromatic carbocycles. The highest BCUT2D eigenvalue weighted by Crippen LogP contribution is 2.25. The van der Waals surface area contributed by atoms with Crippen LogP contribution < -0.4 is 5.32 Å². The number of carbonyl (C=O) groups is 1. The van der Waals surface area contributed by atoms with Crippen LogP contribution >= 0.6 is 23.2 Å². The van der Waals surface area contributed by atoms with Crippen molar-refractivity contribution in [2.75, 3.05) is 0 Å². The minimum atomic E-state index is -0.522. The van der Waals surface area contributed by atoms with Gasteiger partial charge in [0.25, 0.3) is 5.91 Å². The first kappa shape index (κ1) is 15.5. The smallest absolute Gasteiger partial charge is 0.274 e. The highest BCUT2D eigenvalue weighted by molar-refractivity contribution is 6.33. The van der Waals surface area contributed by atoms with E-state index in [1.165, 1.54) is 12.4 Å². The number of nitrogens with one attached hydrogen (secondary N) is 1. The fourth-order valence-corrected chi connectivity index (χ4v) is 2.51. The van der Waals surface area contributed by atoms with Gasteiger partial charge in [0.2, 0.25) is 0 Å². The summed E-state index contributed by atoms with van der Waals surface area (Å²) in [5.74, 6) is -0.774. The standard InChI is InChI=1S/C16H11Cl2N3O2/c17-11-3-4-12(18)10(6-11)8-21-16(23)14-15(22)13-9(7-20-14)2-1-5-19-13/h1-7,22H,8H2,(H,21,23). The third-order valence-electron chi connectivity index (χ3n) is 3.28. The second-order valence-electron chi connectivity index (χ2n) is 4.82. The first-order valence-electron chi connectivity index (χ1n) is 6.71. The molecule has 0 atom stereocenters. The average molecular weight is 348 g/mol. The van der Waals surface area contributed by atoms with E-state index in [2.05, 4.69) is 15.3 Å². The molecule has 0 aliphatic carbocycles. The van der Waals surface area contributed by atoms with E-state index in [9.17, 15) is 9.90 Å². The van der Waals surface area contributed by atoms with Gasteiger partial charge in [0.15, 0.2) is 11.4 Å². The summed E-state index contributed by atoms with van der Waals surface area (Å²) in [6.07, 6.45) is 3.03. The summed E-state index contributed by atoms with van der Waals surface area (Å²) < 4.78 is 0. The van der Waals surface area contributed by atoms with Crippen LogP contribution in [0.3, 0.4) is 0 Å². The SMILES string of the molecule is O=C(NCc1cc(Cl)ccc1Cl)c1ncc2cccnc2c1O.